The molecule has 0 aliphatic rings. The molecule has 0 aliphatic heterocycles. The Morgan fingerprint density at radius 2 is 1.79 bits per heavy atom. The molecule has 0 radical (unpaired) electrons. The zero-order valence-electron chi connectivity index (χ0n) is 16.2. The van der Waals surface area contributed by atoms with E-state index in [1.54, 1.807) is 31.3 Å². The quantitative estimate of drug-likeness (QED) is 0.471. The fraction of sp³-hybridized carbons (Fsp3) is 0.143. The molecule has 0 saturated carbocycles. The van der Waals surface area contributed by atoms with Gasteiger partial charge in [-0.05, 0) is 42.8 Å². The fourth-order valence-corrected chi connectivity index (χ4v) is 3.37. The van der Waals surface area contributed by atoms with E-state index in [1.165, 1.54) is 0 Å². The summed E-state index contributed by atoms with van der Waals surface area (Å²) < 4.78 is 14.2. The Morgan fingerprint density at radius 1 is 0.931 bits per heavy atom. The van der Waals surface area contributed by atoms with E-state index in [9.17, 15) is 0 Å². The van der Waals surface area contributed by atoms with Gasteiger partial charge in [-0.1, -0.05) is 12.1 Å². The van der Waals surface area contributed by atoms with Crippen molar-refractivity contribution in [1.82, 2.24) is 29.4 Å². The summed E-state index contributed by atoms with van der Waals surface area (Å²) in [6, 6.07) is 13.7. The molecule has 3 heterocycles. The third-order valence-electron chi connectivity index (χ3n) is 4.79. The first-order valence-corrected chi connectivity index (χ1v) is 9.06. The lowest BCUT2D eigenvalue weighted by Crippen LogP contribution is -1.99. The number of fused-ring (bicyclic) bond motifs is 3. The second kappa shape index (κ2) is 6.59. The second-order valence-corrected chi connectivity index (χ2v) is 6.65. The highest BCUT2D eigenvalue weighted by atomic mass is 16.5. The minimum atomic E-state index is 0.573. The zero-order chi connectivity index (χ0) is 20.0. The number of rotatable bonds is 4. The number of methoxy groups -OCH3 is 2. The van der Waals surface area contributed by atoms with Crippen molar-refractivity contribution in [2.75, 3.05) is 14.2 Å². The summed E-state index contributed by atoms with van der Waals surface area (Å²) >= 11 is 0. The molecule has 0 atom stereocenters. The van der Waals surface area contributed by atoms with Crippen molar-refractivity contribution >= 4 is 16.7 Å². The maximum Gasteiger partial charge on any atom is 0.182 e. The molecule has 2 aromatic carbocycles. The molecule has 8 nitrogen and oxygen atoms in total. The van der Waals surface area contributed by atoms with Gasteiger partial charge >= 0.3 is 0 Å². The Balaban J connectivity index is 1.65. The van der Waals surface area contributed by atoms with Crippen LogP contribution >= 0.6 is 0 Å². The molecule has 144 valence electrons. The van der Waals surface area contributed by atoms with Gasteiger partial charge < -0.3 is 9.47 Å². The van der Waals surface area contributed by atoms with E-state index in [0.29, 0.717) is 23.0 Å². The fourth-order valence-electron chi connectivity index (χ4n) is 3.37. The zero-order valence-corrected chi connectivity index (χ0v) is 16.2. The maximum absolute atomic E-state index is 5.39. The molecule has 0 saturated heterocycles. The molecule has 5 aromatic rings. The average Bonchev–Trinajstić information content (AvgIpc) is 3.37. The van der Waals surface area contributed by atoms with Crippen molar-refractivity contribution in [3.63, 3.8) is 0 Å². The summed E-state index contributed by atoms with van der Waals surface area (Å²) in [5.41, 5.74) is 4.36. The predicted octanol–water partition coefficient (Wildman–Crippen LogP) is 3.46. The van der Waals surface area contributed by atoms with Crippen LogP contribution < -0.4 is 9.47 Å². The Hall–Kier alpha value is -3.94. The van der Waals surface area contributed by atoms with E-state index >= 15 is 0 Å². The molecule has 3 aromatic heterocycles. The Morgan fingerprint density at radius 3 is 2.59 bits per heavy atom. The van der Waals surface area contributed by atoms with Gasteiger partial charge in [0.1, 0.15) is 6.33 Å². The SMILES string of the molecule is COc1ccc(-c2nc3c4cnn(-c5cccc(C)c5)c4ncn3n2)cc1OC. The highest BCUT2D eigenvalue weighted by Crippen LogP contribution is 2.31. The molecule has 5 rings (SSSR count). The molecule has 0 spiro atoms. The lowest BCUT2D eigenvalue weighted by Gasteiger charge is -2.07. The molecule has 0 aliphatic carbocycles. The number of aromatic nitrogens is 6. The van der Waals surface area contributed by atoms with Crippen LogP contribution in [0.5, 0.6) is 11.5 Å². The predicted molar refractivity (Wildman–Crippen MR) is 109 cm³/mol. The number of ether oxygens (including phenoxy) is 2. The topological polar surface area (TPSA) is 79.4 Å². The standard InChI is InChI=1S/C21H18N6O2/c1-13-5-4-6-15(9-13)27-20-16(11-23-27)21-24-19(25-26(21)12-22-20)14-7-8-17(28-2)18(10-14)29-3/h4-12H,1-3H3. The Labute approximate surface area is 166 Å². The molecule has 0 bridgehead atoms. The normalized spacial score (nSPS) is 11.3. The number of benzene rings is 2. The van der Waals surface area contributed by atoms with Crippen LogP contribution in [0.15, 0.2) is 55.0 Å². The summed E-state index contributed by atoms with van der Waals surface area (Å²) in [5.74, 6) is 1.85. The van der Waals surface area contributed by atoms with Crippen molar-refractivity contribution in [2.45, 2.75) is 6.92 Å². The van der Waals surface area contributed by atoms with E-state index in [2.05, 4.69) is 34.2 Å². The summed E-state index contributed by atoms with van der Waals surface area (Å²) in [5, 5.41) is 9.92. The molecule has 0 amide bonds. The minimum Gasteiger partial charge on any atom is -0.493 e. The number of aryl methyl sites for hydroxylation is 1. The van der Waals surface area contributed by atoms with Crippen LogP contribution in [0, 0.1) is 6.92 Å². The summed E-state index contributed by atoms with van der Waals surface area (Å²) in [6.45, 7) is 2.05. The molecule has 29 heavy (non-hydrogen) atoms. The highest BCUT2D eigenvalue weighted by molar-refractivity contribution is 5.90. The first-order valence-electron chi connectivity index (χ1n) is 9.06. The van der Waals surface area contributed by atoms with Gasteiger partial charge in [0.05, 0.1) is 31.5 Å². The van der Waals surface area contributed by atoms with Crippen molar-refractivity contribution in [1.29, 1.82) is 0 Å². The van der Waals surface area contributed by atoms with Crippen LogP contribution in [-0.4, -0.2) is 43.6 Å². The molecular weight excluding hydrogens is 368 g/mol. The molecule has 0 fully saturated rings. The van der Waals surface area contributed by atoms with E-state index < -0.39 is 0 Å². The van der Waals surface area contributed by atoms with Crippen LogP contribution in [0.25, 0.3) is 33.8 Å². The van der Waals surface area contributed by atoms with Crippen LogP contribution in [0.2, 0.25) is 0 Å². The molecule has 0 N–H and O–H groups in total. The second-order valence-electron chi connectivity index (χ2n) is 6.65. The van der Waals surface area contributed by atoms with Gasteiger partial charge in [-0.15, -0.1) is 5.10 Å². The Kier molecular flexibility index (Phi) is 3.90. The van der Waals surface area contributed by atoms with E-state index in [0.717, 1.165) is 27.8 Å². The maximum atomic E-state index is 5.39. The number of hydrogen-bond acceptors (Lipinski definition) is 6. The van der Waals surface area contributed by atoms with Gasteiger partial charge in [-0.25, -0.2) is 19.2 Å². The van der Waals surface area contributed by atoms with Gasteiger partial charge in [0.15, 0.2) is 28.6 Å². The monoisotopic (exact) mass is 386 g/mol. The third kappa shape index (κ3) is 2.77. The lowest BCUT2D eigenvalue weighted by molar-refractivity contribution is 0.355. The number of hydrogen-bond donors (Lipinski definition) is 0. The first kappa shape index (κ1) is 17.2. The molecule has 0 unspecified atom stereocenters. The smallest absolute Gasteiger partial charge is 0.182 e. The van der Waals surface area contributed by atoms with Crippen molar-refractivity contribution in [3.05, 3.63) is 60.6 Å². The summed E-state index contributed by atoms with van der Waals surface area (Å²) in [7, 11) is 3.21. The molecule has 8 heteroatoms. The van der Waals surface area contributed by atoms with Crippen LogP contribution in [0.3, 0.4) is 0 Å². The van der Waals surface area contributed by atoms with Crippen molar-refractivity contribution < 1.29 is 9.47 Å². The first-order chi connectivity index (χ1) is 14.2. The van der Waals surface area contributed by atoms with Crippen molar-refractivity contribution in [3.8, 4) is 28.6 Å². The van der Waals surface area contributed by atoms with Crippen LogP contribution in [-0.2, 0) is 0 Å². The molecular formula is C21H18N6O2. The number of nitrogens with zero attached hydrogens (tertiary/aromatic N) is 6. The van der Waals surface area contributed by atoms with Gasteiger partial charge in [0.2, 0.25) is 0 Å². The summed E-state index contributed by atoms with van der Waals surface area (Å²) in [4.78, 5) is 9.29. The minimum absolute atomic E-state index is 0.573. The largest absolute Gasteiger partial charge is 0.493 e. The van der Waals surface area contributed by atoms with Gasteiger partial charge in [-0.2, -0.15) is 5.10 Å². The van der Waals surface area contributed by atoms with E-state index in [1.807, 2.05) is 35.0 Å². The third-order valence-corrected chi connectivity index (χ3v) is 4.79. The lowest BCUT2D eigenvalue weighted by atomic mass is 10.2. The van der Waals surface area contributed by atoms with Crippen molar-refractivity contribution in [2.24, 2.45) is 0 Å². The van der Waals surface area contributed by atoms with E-state index in [-0.39, 0.29) is 0 Å². The average molecular weight is 386 g/mol. The van der Waals surface area contributed by atoms with E-state index in [4.69, 9.17) is 14.5 Å². The summed E-state index contributed by atoms with van der Waals surface area (Å²) in [6.07, 6.45) is 3.43. The van der Waals surface area contributed by atoms with Gasteiger partial charge in [-0.3, -0.25) is 0 Å². The van der Waals surface area contributed by atoms with Crippen LogP contribution in [0.4, 0.5) is 0 Å². The highest BCUT2D eigenvalue weighted by Gasteiger charge is 2.15. The van der Waals surface area contributed by atoms with Gasteiger partial charge in [0, 0.05) is 5.56 Å². The Bertz CT molecular complexity index is 1350. The van der Waals surface area contributed by atoms with Crippen LogP contribution in [0.1, 0.15) is 5.56 Å². The van der Waals surface area contributed by atoms with Gasteiger partial charge in [0.25, 0.3) is 0 Å².